The van der Waals surface area contributed by atoms with Gasteiger partial charge in [0.1, 0.15) is 16.5 Å². The first kappa shape index (κ1) is 17.4. The fraction of sp³-hybridized carbons (Fsp3) is 0.684. The molecule has 25 heavy (non-hydrogen) atoms. The molecular formula is C19H25F2NO2S. The zero-order chi connectivity index (χ0) is 17.8. The third-order valence-electron chi connectivity index (χ3n) is 6.71. The number of sulfonamides is 1. The molecule has 0 saturated heterocycles. The van der Waals surface area contributed by atoms with Crippen LogP contribution in [0.3, 0.4) is 0 Å². The van der Waals surface area contributed by atoms with Gasteiger partial charge in [-0.15, -0.1) is 0 Å². The molecule has 0 aromatic heterocycles. The van der Waals surface area contributed by atoms with Crippen LogP contribution in [0.25, 0.3) is 0 Å². The largest absolute Gasteiger partial charge is 0.243 e. The quantitative estimate of drug-likeness (QED) is 0.844. The smallest absolute Gasteiger partial charge is 0.207 e. The molecule has 1 atom stereocenters. The number of nitrogens with one attached hydrogen (secondary N) is 1. The molecule has 4 fully saturated rings. The van der Waals surface area contributed by atoms with Gasteiger partial charge in [0, 0.05) is 12.1 Å². The van der Waals surface area contributed by atoms with Gasteiger partial charge in [0.15, 0.2) is 0 Å². The van der Waals surface area contributed by atoms with E-state index in [1.54, 1.807) is 0 Å². The summed E-state index contributed by atoms with van der Waals surface area (Å²) in [5.74, 6) is 0.338. The molecule has 0 amide bonds. The van der Waals surface area contributed by atoms with E-state index < -0.39 is 26.6 Å². The number of halogens is 2. The molecule has 1 aromatic rings. The minimum atomic E-state index is -4.00. The Bertz CT molecular complexity index is 742. The van der Waals surface area contributed by atoms with Gasteiger partial charge in [0.2, 0.25) is 10.0 Å². The van der Waals surface area contributed by atoms with Crippen molar-refractivity contribution in [2.24, 2.45) is 23.2 Å². The number of benzene rings is 1. The van der Waals surface area contributed by atoms with Gasteiger partial charge in [-0.2, -0.15) is 0 Å². The summed E-state index contributed by atoms with van der Waals surface area (Å²) in [5, 5.41) is 0. The van der Waals surface area contributed by atoms with Crippen LogP contribution in [0.5, 0.6) is 0 Å². The molecule has 1 unspecified atom stereocenters. The first-order chi connectivity index (χ1) is 11.8. The minimum Gasteiger partial charge on any atom is -0.207 e. The van der Waals surface area contributed by atoms with Crippen LogP contribution >= 0.6 is 0 Å². The molecule has 3 nitrogen and oxygen atoms in total. The third-order valence-corrected chi connectivity index (χ3v) is 8.22. The van der Waals surface area contributed by atoms with Crippen molar-refractivity contribution < 1.29 is 17.2 Å². The molecule has 4 aliphatic rings. The van der Waals surface area contributed by atoms with Crippen LogP contribution < -0.4 is 4.72 Å². The second-order valence-electron chi connectivity index (χ2n) is 8.44. The molecule has 6 heteroatoms. The van der Waals surface area contributed by atoms with Crippen LogP contribution in [0.4, 0.5) is 8.78 Å². The van der Waals surface area contributed by atoms with E-state index in [-0.39, 0.29) is 11.5 Å². The van der Waals surface area contributed by atoms with Crippen molar-refractivity contribution in [1.29, 1.82) is 0 Å². The van der Waals surface area contributed by atoms with Crippen molar-refractivity contribution in [3.63, 3.8) is 0 Å². The van der Waals surface area contributed by atoms with E-state index in [9.17, 15) is 17.2 Å². The second-order valence-corrected chi connectivity index (χ2v) is 10.1. The predicted molar refractivity (Wildman–Crippen MR) is 91.4 cm³/mol. The lowest BCUT2D eigenvalue weighted by Gasteiger charge is -2.59. The maximum absolute atomic E-state index is 14.0. The summed E-state index contributed by atoms with van der Waals surface area (Å²) in [7, 11) is -4.00. The maximum Gasteiger partial charge on any atom is 0.243 e. The van der Waals surface area contributed by atoms with Crippen molar-refractivity contribution in [2.75, 3.05) is 0 Å². The minimum absolute atomic E-state index is 0.00702. The lowest BCUT2D eigenvalue weighted by molar-refractivity contribution is -0.0704. The predicted octanol–water partition coefficient (Wildman–Crippen LogP) is 4.24. The molecular weight excluding hydrogens is 344 g/mol. The van der Waals surface area contributed by atoms with Crippen molar-refractivity contribution in [1.82, 2.24) is 4.72 Å². The summed E-state index contributed by atoms with van der Waals surface area (Å²) in [6.07, 6.45) is 7.77. The third kappa shape index (κ3) is 3.01. The Morgan fingerprint density at radius 1 is 1.12 bits per heavy atom. The van der Waals surface area contributed by atoms with E-state index in [0.717, 1.165) is 31.4 Å². The Labute approximate surface area is 148 Å². The standard InChI is InChI=1S/C19H25F2NO2S/c1-2-18(19-9-12-5-13(10-19)7-14(6-12)11-19)22-25(23,24)17-4-3-15(20)8-16(17)21/h3-4,8,12-14,18,22H,2,5-7,9-11H2,1H3. The number of rotatable bonds is 5. The molecule has 5 rings (SSSR count). The highest BCUT2D eigenvalue weighted by atomic mass is 32.2. The van der Waals surface area contributed by atoms with Crippen LogP contribution in [-0.4, -0.2) is 14.5 Å². The number of hydrogen-bond donors (Lipinski definition) is 1. The second kappa shape index (κ2) is 6.02. The van der Waals surface area contributed by atoms with Crippen LogP contribution in [0.1, 0.15) is 51.9 Å². The van der Waals surface area contributed by atoms with Crippen LogP contribution in [0.15, 0.2) is 23.1 Å². The zero-order valence-corrected chi connectivity index (χ0v) is 15.3. The fourth-order valence-corrected chi connectivity index (χ4v) is 7.67. The van der Waals surface area contributed by atoms with E-state index in [0.29, 0.717) is 30.2 Å². The highest BCUT2D eigenvalue weighted by Crippen LogP contribution is 2.61. The first-order valence-corrected chi connectivity index (χ1v) is 10.8. The normalized spacial score (nSPS) is 35.1. The SMILES string of the molecule is CCC(NS(=O)(=O)c1ccc(F)cc1F)C12CC3CC(CC(C3)C1)C2. The number of hydrogen-bond acceptors (Lipinski definition) is 2. The molecule has 1 N–H and O–H groups in total. The topological polar surface area (TPSA) is 46.2 Å². The summed E-state index contributed by atoms with van der Waals surface area (Å²) in [6, 6.07) is 2.44. The summed E-state index contributed by atoms with van der Waals surface area (Å²) in [5.41, 5.74) is 0.00702. The maximum atomic E-state index is 14.0. The van der Waals surface area contributed by atoms with Gasteiger partial charge < -0.3 is 0 Å². The van der Waals surface area contributed by atoms with E-state index in [2.05, 4.69) is 4.72 Å². The summed E-state index contributed by atoms with van der Waals surface area (Å²) >= 11 is 0. The van der Waals surface area contributed by atoms with Crippen molar-refractivity contribution in [3.05, 3.63) is 29.8 Å². The zero-order valence-electron chi connectivity index (χ0n) is 14.5. The highest BCUT2D eigenvalue weighted by molar-refractivity contribution is 7.89. The van der Waals surface area contributed by atoms with E-state index in [1.165, 1.54) is 19.3 Å². The van der Waals surface area contributed by atoms with Crippen molar-refractivity contribution in [2.45, 2.75) is 62.8 Å². The summed E-state index contributed by atoms with van der Waals surface area (Å²) in [6.45, 7) is 1.99. The van der Waals surface area contributed by atoms with Gasteiger partial charge in [-0.1, -0.05) is 6.92 Å². The monoisotopic (exact) mass is 369 g/mol. The Hall–Kier alpha value is -1.01. The highest BCUT2D eigenvalue weighted by Gasteiger charge is 2.54. The van der Waals surface area contributed by atoms with Gasteiger partial charge in [0.25, 0.3) is 0 Å². The Morgan fingerprint density at radius 2 is 1.68 bits per heavy atom. The average Bonchev–Trinajstić information content (AvgIpc) is 2.50. The van der Waals surface area contributed by atoms with Crippen LogP contribution in [0, 0.1) is 34.8 Å². The molecule has 4 aliphatic carbocycles. The van der Waals surface area contributed by atoms with E-state index in [4.69, 9.17) is 0 Å². The van der Waals surface area contributed by atoms with Gasteiger partial charge >= 0.3 is 0 Å². The lowest BCUT2D eigenvalue weighted by Crippen LogP contribution is -2.56. The van der Waals surface area contributed by atoms with Crippen molar-refractivity contribution in [3.8, 4) is 0 Å². The first-order valence-electron chi connectivity index (χ1n) is 9.29. The Balaban J connectivity index is 1.62. The lowest BCUT2D eigenvalue weighted by atomic mass is 9.47. The van der Waals surface area contributed by atoms with Crippen LogP contribution in [0.2, 0.25) is 0 Å². The van der Waals surface area contributed by atoms with E-state index in [1.807, 2.05) is 6.92 Å². The summed E-state index contributed by atoms with van der Waals surface area (Å²) in [4.78, 5) is -0.461. The van der Waals surface area contributed by atoms with Gasteiger partial charge in [-0.25, -0.2) is 21.9 Å². The average molecular weight is 369 g/mol. The summed E-state index contributed by atoms with van der Waals surface area (Å²) < 4.78 is 55.4. The molecule has 0 spiro atoms. The molecule has 4 saturated carbocycles. The van der Waals surface area contributed by atoms with E-state index >= 15 is 0 Å². The molecule has 0 heterocycles. The molecule has 4 bridgehead atoms. The molecule has 138 valence electrons. The Morgan fingerprint density at radius 3 is 2.16 bits per heavy atom. The van der Waals surface area contributed by atoms with Crippen LogP contribution in [-0.2, 0) is 10.0 Å². The van der Waals surface area contributed by atoms with Gasteiger partial charge in [-0.05, 0) is 80.2 Å². The molecule has 1 aromatic carbocycles. The van der Waals surface area contributed by atoms with Crippen molar-refractivity contribution >= 4 is 10.0 Å². The molecule has 0 aliphatic heterocycles. The van der Waals surface area contributed by atoms with Gasteiger partial charge in [-0.3, -0.25) is 0 Å². The Kier molecular flexibility index (Phi) is 4.19. The molecule has 0 radical (unpaired) electrons. The van der Waals surface area contributed by atoms with Gasteiger partial charge in [0.05, 0.1) is 0 Å². The fourth-order valence-electron chi connectivity index (χ4n) is 6.19.